The van der Waals surface area contributed by atoms with Gasteiger partial charge in [0.25, 0.3) is 0 Å². The van der Waals surface area contributed by atoms with Gasteiger partial charge in [-0.1, -0.05) is 17.8 Å². The predicted octanol–water partition coefficient (Wildman–Crippen LogP) is 0.0938. The van der Waals surface area contributed by atoms with Gasteiger partial charge in [0.1, 0.15) is 0 Å². The Kier molecular flexibility index (Phi) is 12.5. The van der Waals surface area contributed by atoms with E-state index in [1.807, 2.05) is 0 Å². The number of rotatable bonds is 8. The van der Waals surface area contributed by atoms with E-state index in [2.05, 4.69) is 4.74 Å². The molecule has 7 heteroatoms. The summed E-state index contributed by atoms with van der Waals surface area (Å²) in [5, 5.41) is 0. The molecule has 0 spiro atoms. The van der Waals surface area contributed by atoms with Gasteiger partial charge >= 0.3 is 26.5 Å². The Morgan fingerprint density at radius 3 is 2.16 bits per heavy atom. The Morgan fingerprint density at radius 1 is 1.26 bits per heavy atom. The summed E-state index contributed by atoms with van der Waals surface area (Å²) < 4.78 is 27.0. The fourth-order valence-corrected chi connectivity index (χ4v) is 2.60. The standard InChI is InChI=1S/C12H20O5P.Li/c1-5-8-9-11(12(13)15-4)10-18(14,16-6-2)17-7-3;/h5,8-10H,6-7H2,1-4H3;/q-1;+1/b8-5+,11-9+;. The number of ether oxygens (including phenoxy) is 1. The van der Waals surface area contributed by atoms with Crippen LogP contribution < -0.4 is 18.9 Å². The van der Waals surface area contributed by atoms with Crippen molar-refractivity contribution in [1.82, 2.24) is 0 Å². The van der Waals surface area contributed by atoms with Gasteiger partial charge < -0.3 is 18.6 Å². The first-order chi connectivity index (χ1) is 8.52. The topological polar surface area (TPSA) is 61.8 Å². The first-order valence-corrected chi connectivity index (χ1v) is 7.30. The van der Waals surface area contributed by atoms with Crippen LogP contribution in [-0.4, -0.2) is 26.3 Å². The summed E-state index contributed by atoms with van der Waals surface area (Å²) in [6.07, 6.45) is 6.07. The Morgan fingerprint density at radius 2 is 1.79 bits per heavy atom. The number of esters is 1. The van der Waals surface area contributed by atoms with Crippen molar-refractivity contribution in [3.8, 4) is 0 Å². The predicted molar refractivity (Wildman–Crippen MR) is 70.1 cm³/mol. The Labute approximate surface area is 127 Å². The zero-order valence-corrected chi connectivity index (χ0v) is 13.1. The minimum absolute atomic E-state index is 0. The molecule has 0 aromatic rings. The molecular formula is C12H20LiO5P. The second kappa shape index (κ2) is 11.4. The van der Waals surface area contributed by atoms with E-state index in [4.69, 9.17) is 9.05 Å². The Balaban J connectivity index is 0. The zero-order chi connectivity index (χ0) is 14.0. The van der Waals surface area contributed by atoms with Crippen LogP contribution in [0.1, 0.15) is 20.8 Å². The van der Waals surface area contributed by atoms with Crippen LogP contribution in [-0.2, 0) is 23.1 Å². The van der Waals surface area contributed by atoms with Gasteiger partial charge in [0.2, 0.25) is 5.97 Å². The summed E-state index contributed by atoms with van der Waals surface area (Å²) in [6, 6.07) is 0. The molecule has 0 rings (SSSR count). The van der Waals surface area contributed by atoms with E-state index in [9.17, 15) is 9.36 Å². The smallest absolute Gasteiger partial charge is 0.523 e. The minimum atomic E-state index is -3.41. The van der Waals surface area contributed by atoms with Crippen molar-refractivity contribution in [2.75, 3.05) is 20.3 Å². The number of hydrogen-bond donors (Lipinski definition) is 0. The molecule has 19 heavy (non-hydrogen) atoms. The molecule has 0 aromatic carbocycles. The van der Waals surface area contributed by atoms with Crippen molar-refractivity contribution < 1.29 is 42.0 Å². The number of carbonyl (C=O) groups is 1. The van der Waals surface area contributed by atoms with Gasteiger partial charge in [-0.05, 0) is 20.8 Å². The molecule has 0 fully saturated rings. The number of carbonyl (C=O) groups excluding carboxylic acids is 1. The molecule has 0 atom stereocenters. The molecular weight excluding hydrogens is 262 g/mol. The molecule has 0 unspecified atom stereocenters. The van der Waals surface area contributed by atoms with Gasteiger partial charge in [-0.25, -0.2) is 0 Å². The summed E-state index contributed by atoms with van der Waals surface area (Å²) >= 11 is 0. The molecule has 5 nitrogen and oxygen atoms in total. The van der Waals surface area contributed by atoms with E-state index in [-0.39, 0.29) is 37.6 Å². The van der Waals surface area contributed by atoms with E-state index in [1.165, 1.54) is 19.3 Å². The SMILES string of the molecule is C/C=C/C=C(\[CH-]P(=O)(OCC)OCC)C(=O)OC.[Li+]. The maximum absolute atomic E-state index is 12.2. The van der Waals surface area contributed by atoms with E-state index >= 15 is 0 Å². The Hall–Kier alpha value is -0.433. The summed E-state index contributed by atoms with van der Waals surface area (Å²) in [7, 11) is -2.15. The normalized spacial score (nSPS) is 12.1. The maximum atomic E-state index is 12.2. The molecule has 0 saturated heterocycles. The van der Waals surface area contributed by atoms with E-state index < -0.39 is 13.6 Å². The summed E-state index contributed by atoms with van der Waals surface area (Å²) in [5.74, 6) is -0.590. The van der Waals surface area contributed by atoms with E-state index in [0.29, 0.717) is 0 Å². The van der Waals surface area contributed by atoms with Crippen LogP contribution in [0, 0.1) is 6.16 Å². The van der Waals surface area contributed by atoms with Crippen molar-refractivity contribution in [2.24, 2.45) is 0 Å². The first-order valence-electron chi connectivity index (χ1n) is 5.69. The van der Waals surface area contributed by atoms with Gasteiger partial charge in [0.05, 0.1) is 20.3 Å². The second-order valence-electron chi connectivity index (χ2n) is 3.14. The van der Waals surface area contributed by atoms with Crippen LogP contribution in [0.3, 0.4) is 0 Å². The average molecular weight is 282 g/mol. The number of methoxy groups -OCH3 is 1. The average Bonchev–Trinajstić information content (AvgIpc) is 2.34. The zero-order valence-electron chi connectivity index (χ0n) is 12.2. The van der Waals surface area contributed by atoms with Gasteiger partial charge in [0, 0.05) is 0 Å². The van der Waals surface area contributed by atoms with Crippen molar-refractivity contribution in [3.63, 3.8) is 0 Å². The van der Waals surface area contributed by atoms with E-state index in [0.717, 1.165) is 0 Å². The van der Waals surface area contributed by atoms with Crippen molar-refractivity contribution >= 4 is 13.6 Å². The van der Waals surface area contributed by atoms with Crippen LogP contribution in [0.25, 0.3) is 0 Å². The summed E-state index contributed by atoms with van der Waals surface area (Å²) in [6.45, 7) is 5.66. The van der Waals surface area contributed by atoms with E-state index in [1.54, 1.807) is 32.9 Å². The molecule has 0 bridgehead atoms. The third kappa shape index (κ3) is 8.36. The molecule has 0 aromatic heterocycles. The molecule has 0 aliphatic carbocycles. The number of hydrogen-bond acceptors (Lipinski definition) is 5. The van der Waals surface area contributed by atoms with Gasteiger partial charge in [-0.2, -0.15) is 6.08 Å². The summed E-state index contributed by atoms with van der Waals surface area (Å²) in [5.41, 5.74) is 0.140. The third-order valence-corrected chi connectivity index (χ3v) is 3.64. The van der Waals surface area contributed by atoms with Crippen LogP contribution in [0.2, 0.25) is 0 Å². The quantitative estimate of drug-likeness (QED) is 0.158. The van der Waals surface area contributed by atoms with Gasteiger partial charge in [-0.3, -0.25) is 4.57 Å². The molecule has 0 heterocycles. The van der Waals surface area contributed by atoms with Crippen LogP contribution in [0.5, 0.6) is 0 Å². The molecule has 104 valence electrons. The molecule has 0 aliphatic rings. The van der Waals surface area contributed by atoms with Crippen LogP contribution in [0.4, 0.5) is 0 Å². The fraction of sp³-hybridized carbons (Fsp3) is 0.500. The number of allylic oxidation sites excluding steroid dienone is 3. The van der Waals surface area contributed by atoms with Crippen molar-refractivity contribution in [2.45, 2.75) is 20.8 Å². The molecule has 0 saturated carbocycles. The van der Waals surface area contributed by atoms with Crippen LogP contribution in [0.15, 0.2) is 23.8 Å². The monoisotopic (exact) mass is 282 g/mol. The third-order valence-electron chi connectivity index (χ3n) is 1.80. The van der Waals surface area contributed by atoms with Crippen molar-refractivity contribution in [1.29, 1.82) is 0 Å². The molecule has 0 N–H and O–H groups in total. The fourth-order valence-electron chi connectivity index (χ4n) is 1.12. The molecule has 0 radical (unpaired) electrons. The molecule has 0 amide bonds. The molecule has 0 aliphatic heterocycles. The largest absolute Gasteiger partial charge is 1.00 e. The van der Waals surface area contributed by atoms with Crippen molar-refractivity contribution in [3.05, 3.63) is 30.0 Å². The Bertz CT molecular complexity index is 355. The summed E-state index contributed by atoms with van der Waals surface area (Å²) in [4.78, 5) is 11.5. The van der Waals surface area contributed by atoms with Gasteiger partial charge in [0.15, 0.2) is 0 Å². The first kappa shape index (κ1) is 20.9. The van der Waals surface area contributed by atoms with Crippen LogP contribution >= 0.6 is 7.60 Å². The maximum Gasteiger partial charge on any atom is 1.00 e. The second-order valence-corrected chi connectivity index (χ2v) is 5.00. The minimum Gasteiger partial charge on any atom is -0.523 e. The van der Waals surface area contributed by atoms with Gasteiger partial charge in [-0.15, -0.1) is 6.08 Å².